The Bertz CT molecular complexity index is 1410. The number of hydrogen-bond acceptors (Lipinski definition) is 5. The summed E-state index contributed by atoms with van der Waals surface area (Å²) in [7, 11) is -2.53. The molecule has 9 heteroatoms. The third-order valence-corrected chi connectivity index (χ3v) is 8.33. The molecule has 3 rings (SSSR count). The molecule has 0 aliphatic heterocycles. The lowest BCUT2D eigenvalue weighted by molar-refractivity contribution is -0.140. The van der Waals surface area contributed by atoms with Gasteiger partial charge in [-0.3, -0.25) is 13.9 Å². The van der Waals surface area contributed by atoms with Crippen LogP contribution < -0.4 is 14.4 Å². The number of nitrogens with zero attached hydrogens (tertiary/aromatic N) is 2. The zero-order valence-electron chi connectivity index (χ0n) is 24.0. The van der Waals surface area contributed by atoms with Gasteiger partial charge in [-0.05, 0) is 75.6 Å². The summed E-state index contributed by atoms with van der Waals surface area (Å²) in [5.41, 5.74) is 2.89. The highest BCUT2D eigenvalue weighted by Crippen LogP contribution is 2.28. The van der Waals surface area contributed by atoms with E-state index in [1.807, 2.05) is 58.9 Å². The Hall–Kier alpha value is -3.85. The van der Waals surface area contributed by atoms with E-state index in [9.17, 15) is 18.0 Å². The monoisotopic (exact) mass is 565 g/mol. The molecule has 0 bridgehead atoms. The standard InChI is InChI=1S/C31H39N3O5S/c1-7-28(31(36)32-22(2)3)33(20-25-14-16-26(39-6)17-15-25)30(35)21-34(29-18-13-23(4)19-24(29)5)40(37,38)27-11-9-8-10-12-27/h8-19,22,28H,7,20-21H2,1-6H3,(H,32,36). The van der Waals surface area contributed by atoms with Gasteiger partial charge in [-0.1, -0.05) is 55.0 Å². The van der Waals surface area contributed by atoms with E-state index in [0.29, 0.717) is 17.9 Å². The van der Waals surface area contributed by atoms with Crippen molar-refractivity contribution in [3.63, 3.8) is 0 Å². The van der Waals surface area contributed by atoms with E-state index in [0.717, 1.165) is 21.0 Å². The molecule has 0 aliphatic rings. The lowest BCUT2D eigenvalue weighted by Gasteiger charge is -2.34. The number of nitrogens with one attached hydrogen (secondary N) is 1. The first-order chi connectivity index (χ1) is 19.0. The maximum atomic E-state index is 14.1. The maximum absolute atomic E-state index is 14.1. The van der Waals surface area contributed by atoms with Crippen LogP contribution in [0.5, 0.6) is 5.75 Å². The van der Waals surface area contributed by atoms with Crippen LogP contribution in [-0.2, 0) is 26.2 Å². The summed E-state index contributed by atoms with van der Waals surface area (Å²) in [5.74, 6) is -0.106. The molecule has 1 atom stereocenters. The summed E-state index contributed by atoms with van der Waals surface area (Å²) >= 11 is 0. The van der Waals surface area contributed by atoms with Crippen molar-refractivity contribution in [3.8, 4) is 5.75 Å². The number of rotatable bonds is 12. The van der Waals surface area contributed by atoms with E-state index in [2.05, 4.69) is 5.32 Å². The van der Waals surface area contributed by atoms with Gasteiger partial charge in [0.05, 0.1) is 17.7 Å². The molecule has 0 saturated heterocycles. The lowest BCUT2D eigenvalue weighted by atomic mass is 10.1. The summed E-state index contributed by atoms with van der Waals surface area (Å²) in [6.45, 7) is 8.94. The average Bonchev–Trinajstić information content (AvgIpc) is 2.92. The SMILES string of the molecule is CCC(C(=O)NC(C)C)N(Cc1ccc(OC)cc1)C(=O)CN(c1ccc(C)cc1C)S(=O)(=O)c1ccccc1. The second kappa shape index (κ2) is 13.5. The second-order valence-electron chi connectivity index (χ2n) is 10.1. The van der Waals surface area contributed by atoms with Crippen molar-refractivity contribution in [2.75, 3.05) is 18.0 Å². The largest absolute Gasteiger partial charge is 0.497 e. The van der Waals surface area contributed by atoms with E-state index < -0.39 is 28.5 Å². The number of aryl methyl sites for hydroxylation is 2. The minimum Gasteiger partial charge on any atom is -0.497 e. The van der Waals surface area contributed by atoms with Crippen molar-refractivity contribution in [1.82, 2.24) is 10.2 Å². The molecule has 0 saturated carbocycles. The molecule has 0 heterocycles. The van der Waals surface area contributed by atoms with Gasteiger partial charge in [0.1, 0.15) is 18.3 Å². The van der Waals surface area contributed by atoms with Gasteiger partial charge >= 0.3 is 0 Å². The Morgan fingerprint density at radius 3 is 2.15 bits per heavy atom. The van der Waals surface area contributed by atoms with Gasteiger partial charge in [0.15, 0.2) is 0 Å². The second-order valence-corrected chi connectivity index (χ2v) is 11.9. The number of ether oxygens (including phenoxy) is 1. The van der Waals surface area contributed by atoms with Crippen molar-refractivity contribution >= 4 is 27.5 Å². The van der Waals surface area contributed by atoms with Crippen LogP contribution in [-0.4, -0.2) is 50.9 Å². The fraction of sp³-hybridized carbons (Fsp3) is 0.355. The van der Waals surface area contributed by atoms with E-state index in [4.69, 9.17) is 4.74 Å². The number of carbonyl (C=O) groups is 2. The molecule has 214 valence electrons. The van der Waals surface area contributed by atoms with Gasteiger partial charge < -0.3 is 15.0 Å². The molecule has 0 aromatic heterocycles. The third-order valence-electron chi connectivity index (χ3n) is 6.56. The molecule has 1 N–H and O–H groups in total. The molecule has 1 unspecified atom stereocenters. The van der Waals surface area contributed by atoms with Crippen molar-refractivity contribution in [1.29, 1.82) is 0 Å². The van der Waals surface area contributed by atoms with Gasteiger partial charge in [-0.2, -0.15) is 0 Å². The van der Waals surface area contributed by atoms with Gasteiger partial charge in [0.2, 0.25) is 11.8 Å². The molecule has 3 aromatic rings. The van der Waals surface area contributed by atoms with E-state index in [1.165, 1.54) is 17.0 Å². The number of sulfonamides is 1. The smallest absolute Gasteiger partial charge is 0.264 e. The minimum atomic E-state index is -4.10. The molecular weight excluding hydrogens is 526 g/mol. The van der Waals surface area contributed by atoms with Gasteiger partial charge in [-0.25, -0.2) is 8.42 Å². The first kappa shape index (κ1) is 30.7. The highest BCUT2D eigenvalue weighted by molar-refractivity contribution is 7.92. The Morgan fingerprint density at radius 2 is 1.60 bits per heavy atom. The Morgan fingerprint density at radius 1 is 0.950 bits per heavy atom. The average molecular weight is 566 g/mol. The molecule has 3 aromatic carbocycles. The van der Waals surface area contributed by atoms with E-state index in [-0.39, 0.29) is 23.4 Å². The van der Waals surface area contributed by atoms with Gasteiger partial charge in [0, 0.05) is 12.6 Å². The van der Waals surface area contributed by atoms with Crippen molar-refractivity contribution < 1.29 is 22.7 Å². The van der Waals surface area contributed by atoms with Crippen LogP contribution >= 0.6 is 0 Å². The van der Waals surface area contributed by atoms with Crippen LogP contribution in [0.2, 0.25) is 0 Å². The molecule has 0 fully saturated rings. The first-order valence-electron chi connectivity index (χ1n) is 13.4. The van der Waals surface area contributed by atoms with Crippen LogP contribution in [0, 0.1) is 13.8 Å². The van der Waals surface area contributed by atoms with Crippen molar-refractivity contribution in [3.05, 3.63) is 89.5 Å². The zero-order valence-corrected chi connectivity index (χ0v) is 24.9. The van der Waals surface area contributed by atoms with Gasteiger partial charge in [0.25, 0.3) is 10.0 Å². The third kappa shape index (κ3) is 7.41. The molecule has 0 radical (unpaired) electrons. The molecule has 40 heavy (non-hydrogen) atoms. The van der Waals surface area contributed by atoms with Crippen molar-refractivity contribution in [2.45, 2.75) is 64.6 Å². The Labute approximate surface area is 238 Å². The molecule has 0 spiro atoms. The van der Waals surface area contributed by atoms with E-state index in [1.54, 1.807) is 43.5 Å². The van der Waals surface area contributed by atoms with Crippen LogP contribution in [0.4, 0.5) is 5.69 Å². The number of carbonyl (C=O) groups excluding carboxylic acids is 2. The predicted octanol–water partition coefficient (Wildman–Crippen LogP) is 4.84. The number of methoxy groups -OCH3 is 1. The Kier molecular flexibility index (Phi) is 10.3. The quantitative estimate of drug-likeness (QED) is 0.339. The summed E-state index contributed by atoms with van der Waals surface area (Å²) in [4.78, 5) is 28.9. The zero-order chi connectivity index (χ0) is 29.4. The molecule has 2 amide bonds. The highest BCUT2D eigenvalue weighted by Gasteiger charge is 2.34. The van der Waals surface area contributed by atoms with Crippen LogP contribution in [0.1, 0.15) is 43.9 Å². The number of amides is 2. The first-order valence-corrected chi connectivity index (χ1v) is 14.8. The fourth-order valence-corrected chi connectivity index (χ4v) is 6.05. The molecule has 0 aliphatic carbocycles. The number of benzene rings is 3. The van der Waals surface area contributed by atoms with Crippen LogP contribution in [0.15, 0.2) is 77.7 Å². The molecule has 8 nitrogen and oxygen atoms in total. The van der Waals surface area contributed by atoms with Gasteiger partial charge in [-0.15, -0.1) is 0 Å². The molecular formula is C31H39N3O5S. The summed E-state index contributed by atoms with van der Waals surface area (Å²) in [6.07, 6.45) is 0.357. The summed E-state index contributed by atoms with van der Waals surface area (Å²) in [5, 5.41) is 2.90. The van der Waals surface area contributed by atoms with Crippen molar-refractivity contribution in [2.24, 2.45) is 0 Å². The minimum absolute atomic E-state index is 0.0778. The Balaban J connectivity index is 2.08. The fourth-order valence-electron chi connectivity index (χ4n) is 4.55. The van der Waals surface area contributed by atoms with Crippen LogP contribution in [0.25, 0.3) is 0 Å². The normalized spacial score (nSPS) is 12.1. The number of anilines is 1. The van der Waals surface area contributed by atoms with E-state index >= 15 is 0 Å². The highest BCUT2D eigenvalue weighted by atomic mass is 32.2. The number of hydrogen-bond donors (Lipinski definition) is 1. The summed E-state index contributed by atoms with van der Waals surface area (Å²) < 4.78 is 34.3. The maximum Gasteiger partial charge on any atom is 0.264 e. The summed E-state index contributed by atoms with van der Waals surface area (Å²) in [6, 6.07) is 19.8. The lowest BCUT2D eigenvalue weighted by Crippen LogP contribution is -2.53. The topological polar surface area (TPSA) is 96.0 Å². The predicted molar refractivity (Wildman–Crippen MR) is 158 cm³/mol. The van der Waals surface area contributed by atoms with Crippen LogP contribution in [0.3, 0.4) is 0 Å².